The van der Waals surface area contributed by atoms with E-state index in [2.05, 4.69) is 19.9 Å². The molecule has 2 heterocycles. The fourth-order valence-corrected chi connectivity index (χ4v) is 2.27. The van der Waals surface area contributed by atoms with E-state index in [1.54, 1.807) is 13.0 Å². The zero-order valence-corrected chi connectivity index (χ0v) is 10.9. The van der Waals surface area contributed by atoms with Crippen LogP contribution in [0, 0.1) is 6.92 Å². The van der Waals surface area contributed by atoms with Crippen LogP contribution in [0.4, 0.5) is 5.82 Å². The summed E-state index contributed by atoms with van der Waals surface area (Å²) in [6.45, 7) is 3.72. The summed E-state index contributed by atoms with van der Waals surface area (Å²) in [4.78, 5) is 26.6. The van der Waals surface area contributed by atoms with Gasteiger partial charge in [0.1, 0.15) is 16.7 Å². The second-order valence-corrected chi connectivity index (χ2v) is 4.70. The van der Waals surface area contributed by atoms with Crippen LogP contribution in [0.15, 0.2) is 27.1 Å². The number of aromatic amines is 1. The smallest absolute Gasteiger partial charge is 0.251 e. The Morgan fingerprint density at radius 3 is 2.78 bits per heavy atom. The van der Waals surface area contributed by atoms with E-state index >= 15 is 0 Å². The van der Waals surface area contributed by atoms with Gasteiger partial charge in [0.05, 0.1) is 0 Å². The number of hydrogen-bond acceptors (Lipinski definition) is 6. The third kappa shape index (κ3) is 3.07. The second-order valence-electron chi connectivity index (χ2n) is 3.69. The summed E-state index contributed by atoms with van der Waals surface area (Å²) < 4.78 is 0. The van der Waals surface area contributed by atoms with Crippen LogP contribution < -0.4 is 11.3 Å². The van der Waals surface area contributed by atoms with Crippen LogP contribution in [-0.4, -0.2) is 19.9 Å². The first-order valence-electron chi connectivity index (χ1n) is 5.46. The van der Waals surface area contributed by atoms with Gasteiger partial charge in [-0.3, -0.25) is 4.79 Å². The lowest BCUT2D eigenvalue weighted by Gasteiger charge is -2.04. The highest BCUT2D eigenvalue weighted by molar-refractivity contribution is 7.99. The molecule has 2 rings (SSSR count). The van der Waals surface area contributed by atoms with E-state index in [4.69, 9.17) is 5.73 Å². The summed E-state index contributed by atoms with van der Waals surface area (Å²) in [6, 6.07) is 3.10. The summed E-state index contributed by atoms with van der Waals surface area (Å²) in [6.07, 6.45) is 0.705. The molecule has 0 spiro atoms. The molecule has 3 N–H and O–H groups in total. The third-order valence-electron chi connectivity index (χ3n) is 2.13. The molecule has 0 aromatic carbocycles. The van der Waals surface area contributed by atoms with E-state index in [9.17, 15) is 4.79 Å². The van der Waals surface area contributed by atoms with Crippen molar-refractivity contribution in [1.82, 2.24) is 19.9 Å². The largest absolute Gasteiger partial charge is 0.384 e. The van der Waals surface area contributed by atoms with Crippen LogP contribution >= 0.6 is 11.8 Å². The molecule has 0 amide bonds. The highest BCUT2D eigenvalue weighted by atomic mass is 32.2. The van der Waals surface area contributed by atoms with Gasteiger partial charge in [-0.1, -0.05) is 6.92 Å². The molecule has 0 saturated carbocycles. The summed E-state index contributed by atoms with van der Waals surface area (Å²) in [7, 11) is 0. The van der Waals surface area contributed by atoms with Gasteiger partial charge >= 0.3 is 0 Å². The Hall–Kier alpha value is -1.89. The topological polar surface area (TPSA) is 97.5 Å². The summed E-state index contributed by atoms with van der Waals surface area (Å²) in [5, 5.41) is 1.17. The molecule has 6 nitrogen and oxygen atoms in total. The quantitative estimate of drug-likeness (QED) is 0.637. The van der Waals surface area contributed by atoms with Gasteiger partial charge in [0.25, 0.3) is 5.56 Å². The van der Waals surface area contributed by atoms with Crippen molar-refractivity contribution in [2.24, 2.45) is 0 Å². The fraction of sp³-hybridized carbons (Fsp3) is 0.273. The van der Waals surface area contributed by atoms with Crippen molar-refractivity contribution in [3.05, 3.63) is 34.0 Å². The molecule has 0 bridgehead atoms. The number of nitrogens with zero attached hydrogens (tertiary/aromatic N) is 3. The number of rotatable bonds is 3. The minimum absolute atomic E-state index is 0.178. The molecular weight excluding hydrogens is 250 g/mol. The van der Waals surface area contributed by atoms with Crippen LogP contribution in [0.1, 0.15) is 18.4 Å². The Balaban J connectivity index is 2.33. The molecule has 2 aromatic rings. The predicted molar refractivity (Wildman–Crippen MR) is 69.5 cm³/mol. The van der Waals surface area contributed by atoms with Crippen LogP contribution in [0.5, 0.6) is 0 Å². The minimum atomic E-state index is -0.178. The molecule has 0 aliphatic rings. The van der Waals surface area contributed by atoms with E-state index in [0.29, 0.717) is 33.9 Å². The second kappa shape index (κ2) is 5.18. The number of aromatic nitrogens is 4. The first kappa shape index (κ1) is 12.6. The van der Waals surface area contributed by atoms with Crippen LogP contribution in [-0.2, 0) is 6.42 Å². The van der Waals surface area contributed by atoms with Crippen molar-refractivity contribution in [3.63, 3.8) is 0 Å². The van der Waals surface area contributed by atoms with Gasteiger partial charge in [-0.15, -0.1) is 0 Å². The zero-order valence-electron chi connectivity index (χ0n) is 10.1. The van der Waals surface area contributed by atoms with Crippen molar-refractivity contribution in [2.75, 3.05) is 5.73 Å². The maximum atomic E-state index is 11.3. The predicted octanol–water partition coefficient (Wildman–Crippen LogP) is 1.16. The highest BCUT2D eigenvalue weighted by Crippen LogP contribution is 2.23. The maximum absolute atomic E-state index is 11.3. The van der Waals surface area contributed by atoms with Crippen LogP contribution in [0.25, 0.3) is 0 Å². The molecular formula is C11H13N5OS. The molecule has 0 unspecified atom stereocenters. The van der Waals surface area contributed by atoms with E-state index in [0.717, 1.165) is 0 Å². The molecule has 94 valence electrons. The Labute approximate surface area is 108 Å². The van der Waals surface area contributed by atoms with Crippen LogP contribution in [0.3, 0.4) is 0 Å². The van der Waals surface area contributed by atoms with Crippen LogP contribution in [0.2, 0.25) is 0 Å². The number of hydrogen-bond donors (Lipinski definition) is 2. The van der Waals surface area contributed by atoms with Gasteiger partial charge in [0, 0.05) is 24.2 Å². The molecule has 0 saturated heterocycles. The Morgan fingerprint density at radius 2 is 2.11 bits per heavy atom. The summed E-state index contributed by atoms with van der Waals surface area (Å²) in [5.41, 5.74) is 6.18. The standard InChI is InChI=1S/C11H13N5OS/c1-3-8-14-7(12)5-10(15-8)18-11-13-6(2)4-9(17)16-11/h4-5H,3H2,1-2H3,(H2,12,14,15)(H,13,16,17). The lowest BCUT2D eigenvalue weighted by molar-refractivity contribution is 0.877. The molecule has 0 atom stereocenters. The van der Waals surface area contributed by atoms with E-state index in [1.165, 1.54) is 17.8 Å². The lowest BCUT2D eigenvalue weighted by Crippen LogP contribution is -2.08. The van der Waals surface area contributed by atoms with Crippen molar-refractivity contribution in [1.29, 1.82) is 0 Å². The number of anilines is 1. The van der Waals surface area contributed by atoms with E-state index < -0.39 is 0 Å². The van der Waals surface area contributed by atoms with Gasteiger partial charge in [-0.25, -0.2) is 15.0 Å². The third-order valence-corrected chi connectivity index (χ3v) is 2.94. The van der Waals surface area contributed by atoms with Crippen molar-refractivity contribution < 1.29 is 0 Å². The average Bonchev–Trinajstić information content (AvgIpc) is 2.26. The minimum Gasteiger partial charge on any atom is -0.384 e. The lowest BCUT2D eigenvalue weighted by atomic mass is 10.4. The van der Waals surface area contributed by atoms with Gasteiger partial charge in [-0.05, 0) is 18.7 Å². The normalized spacial score (nSPS) is 10.6. The summed E-state index contributed by atoms with van der Waals surface area (Å²) in [5.74, 6) is 1.09. The Morgan fingerprint density at radius 1 is 1.33 bits per heavy atom. The Kier molecular flexibility index (Phi) is 3.61. The van der Waals surface area contributed by atoms with Gasteiger partial charge in [-0.2, -0.15) is 0 Å². The number of H-pyrrole nitrogens is 1. The zero-order chi connectivity index (χ0) is 13.1. The highest BCUT2D eigenvalue weighted by Gasteiger charge is 2.06. The molecule has 0 aliphatic carbocycles. The molecule has 0 aliphatic heterocycles. The number of nitrogen functional groups attached to an aromatic ring is 1. The van der Waals surface area contributed by atoms with Gasteiger partial charge < -0.3 is 10.7 Å². The maximum Gasteiger partial charge on any atom is 0.251 e. The number of nitrogens with two attached hydrogens (primary N) is 1. The van der Waals surface area contributed by atoms with Crippen molar-refractivity contribution >= 4 is 17.6 Å². The average molecular weight is 263 g/mol. The molecule has 18 heavy (non-hydrogen) atoms. The van der Waals surface area contributed by atoms with Crippen molar-refractivity contribution in [3.8, 4) is 0 Å². The monoisotopic (exact) mass is 263 g/mol. The number of nitrogens with one attached hydrogen (secondary N) is 1. The molecule has 0 radical (unpaired) electrons. The SMILES string of the molecule is CCc1nc(N)cc(Sc2nc(C)cc(=O)[nH]2)n1. The molecule has 0 fully saturated rings. The Bertz CT molecular complexity index is 625. The first-order valence-corrected chi connectivity index (χ1v) is 6.27. The van der Waals surface area contributed by atoms with Gasteiger partial charge in [0.2, 0.25) is 0 Å². The van der Waals surface area contributed by atoms with Crippen molar-refractivity contribution in [2.45, 2.75) is 30.5 Å². The van der Waals surface area contributed by atoms with E-state index in [1.807, 2.05) is 6.92 Å². The number of aryl methyl sites for hydroxylation is 2. The van der Waals surface area contributed by atoms with E-state index in [-0.39, 0.29) is 5.56 Å². The molecule has 2 aromatic heterocycles. The molecule has 7 heteroatoms. The summed E-state index contributed by atoms with van der Waals surface area (Å²) >= 11 is 1.26. The fourth-order valence-electron chi connectivity index (χ4n) is 1.40. The van der Waals surface area contributed by atoms with Gasteiger partial charge in [0.15, 0.2) is 5.16 Å². The first-order chi connectivity index (χ1) is 8.56.